The molecular weight excluding hydrogens is 481 g/mol. The number of nitriles is 2. The van der Waals surface area contributed by atoms with E-state index in [1.807, 2.05) is 34.7 Å². The molecule has 2 rings (SSSR count). The highest BCUT2D eigenvalue weighted by Crippen LogP contribution is 2.32. The molecule has 0 saturated carbocycles. The standard InChI is InChI=1S/C14H7BrIN3O2S/c15-12-6-13(14(16)11(8-18)10(12)7-17)19-22(20,21)9-4-2-1-3-5-9/h1-6,19H. The van der Waals surface area contributed by atoms with Crippen molar-refractivity contribution in [2.45, 2.75) is 4.90 Å². The van der Waals surface area contributed by atoms with Crippen molar-refractivity contribution in [3.8, 4) is 12.1 Å². The van der Waals surface area contributed by atoms with Crippen molar-refractivity contribution < 1.29 is 8.42 Å². The van der Waals surface area contributed by atoms with Gasteiger partial charge in [0.25, 0.3) is 10.0 Å². The number of nitrogens with zero attached hydrogens (tertiary/aromatic N) is 2. The average molecular weight is 488 g/mol. The number of halogens is 2. The highest BCUT2D eigenvalue weighted by Gasteiger charge is 2.20. The maximum atomic E-state index is 12.3. The summed E-state index contributed by atoms with van der Waals surface area (Å²) < 4.78 is 27.9. The number of hydrogen-bond donors (Lipinski definition) is 1. The van der Waals surface area contributed by atoms with Crippen LogP contribution in [0.3, 0.4) is 0 Å². The minimum absolute atomic E-state index is 0.116. The second-order valence-electron chi connectivity index (χ2n) is 4.11. The van der Waals surface area contributed by atoms with Gasteiger partial charge in [0, 0.05) is 4.47 Å². The predicted molar refractivity (Wildman–Crippen MR) is 93.5 cm³/mol. The maximum absolute atomic E-state index is 12.3. The highest BCUT2D eigenvalue weighted by atomic mass is 127. The van der Waals surface area contributed by atoms with E-state index < -0.39 is 10.0 Å². The number of rotatable bonds is 3. The molecule has 0 spiro atoms. The molecule has 0 amide bonds. The largest absolute Gasteiger partial charge is 0.278 e. The van der Waals surface area contributed by atoms with E-state index in [-0.39, 0.29) is 21.7 Å². The summed E-state index contributed by atoms with van der Waals surface area (Å²) in [7, 11) is -3.77. The fourth-order valence-corrected chi connectivity index (χ4v) is 4.18. The Bertz CT molecular complexity index is 916. The minimum atomic E-state index is -3.77. The van der Waals surface area contributed by atoms with Gasteiger partial charge < -0.3 is 0 Å². The van der Waals surface area contributed by atoms with E-state index in [0.29, 0.717) is 8.04 Å². The molecule has 0 radical (unpaired) electrons. The lowest BCUT2D eigenvalue weighted by Crippen LogP contribution is -2.14. The summed E-state index contributed by atoms with van der Waals surface area (Å²) in [5.74, 6) is 0. The van der Waals surface area contributed by atoms with E-state index >= 15 is 0 Å². The van der Waals surface area contributed by atoms with Gasteiger partial charge in [-0.1, -0.05) is 18.2 Å². The molecule has 0 aromatic heterocycles. The van der Waals surface area contributed by atoms with E-state index in [4.69, 9.17) is 5.26 Å². The monoisotopic (exact) mass is 487 g/mol. The zero-order valence-corrected chi connectivity index (χ0v) is 15.4. The van der Waals surface area contributed by atoms with Crippen molar-refractivity contribution in [3.63, 3.8) is 0 Å². The van der Waals surface area contributed by atoms with E-state index in [0.717, 1.165) is 0 Å². The molecule has 0 saturated heterocycles. The molecule has 0 atom stereocenters. The van der Waals surface area contributed by atoms with Crippen molar-refractivity contribution >= 4 is 54.2 Å². The first-order chi connectivity index (χ1) is 10.4. The lowest BCUT2D eigenvalue weighted by Gasteiger charge is -2.12. The van der Waals surface area contributed by atoms with Gasteiger partial charge in [0.15, 0.2) is 0 Å². The van der Waals surface area contributed by atoms with E-state index in [9.17, 15) is 13.7 Å². The lowest BCUT2D eigenvalue weighted by atomic mass is 10.1. The summed E-state index contributed by atoms with van der Waals surface area (Å²) in [5.41, 5.74) is 0.546. The molecule has 0 fully saturated rings. The Morgan fingerprint density at radius 1 is 1.09 bits per heavy atom. The molecule has 2 aromatic rings. The van der Waals surface area contributed by atoms with Crippen molar-refractivity contribution in [2.75, 3.05) is 4.72 Å². The Labute approximate surface area is 149 Å². The molecule has 110 valence electrons. The summed E-state index contributed by atoms with van der Waals surface area (Å²) in [5, 5.41) is 18.3. The van der Waals surface area contributed by atoms with Crippen LogP contribution in [0, 0.1) is 26.2 Å². The Morgan fingerprint density at radius 2 is 1.68 bits per heavy atom. The van der Waals surface area contributed by atoms with Gasteiger partial charge in [-0.3, -0.25) is 4.72 Å². The third kappa shape index (κ3) is 3.24. The zero-order chi connectivity index (χ0) is 16.3. The van der Waals surface area contributed by atoms with Crippen LogP contribution in [-0.4, -0.2) is 8.42 Å². The van der Waals surface area contributed by atoms with E-state index in [1.54, 1.807) is 18.2 Å². The van der Waals surface area contributed by atoms with Crippen molar-refractivity contribution in [2.24, 2.45) is 0 Å². The molecule has 0 aliphatic rings. The summed E-state index contributed by atoms with van der Waals surface area (Å²) in [6, 6.07) is 13.2. The van der Waals surface area contributed by atoms with Gasteiger partial charge in [-0.2, -0.15) is 10.5 Å². The van der Waals surface area contributed by atoms with Crippen LogP contribution in [0.1, 0.15) is 11.1 Å². The molecule has 0 aliphatic carbocycles. The molecular formula is C14H7BrIN3O2S. The predicted octanol–water partition coefficient (Wildman–Crippen LogP) is 3.60. The quantitative estimate of drug-likeness (QED) is 0.669. The van der Waals surface area contributed by atoms with E-state index in [2.05, 4.69) is 20.7 Å². The van der Waals surface area contributed by atoms with Crippen LogP contribution in [0.5, 0.6) is 0 Å². The van der Waals surface area contributed by atoms with Crippen LogP contribution in [-0.2, 0) is 10.0 Å². The zero-order valence-electron chi connectivity index (χ0n) is 10.8. The van der Waals surface area contributed by atoms with Gasteiger partial charge in [0.05, 0.1) is 25.3 Å². The number of sulfonamides is 1. The molecule has 0 aliphatic heterocycles. The summed E-state index contributed by atoms with van der Waals surface area (Å²) >= 11 is 5.03. The first-order valence-electron chi connectivity index (χ1n) is 5.80. The number of nitrogens with one attached hydrogen (secondary N) is 1. The minimum Gasteiger partial charge on any atom is -0.278 e. The SMILES string of the molecule is N#Cc1c(Br)cc(NS(=O)(=O)c2ccccc2)c(I)c1C#N. The first kappa shape index (κ1) is 16.7. The van der Waals surface area contributed by atoms with Gasteiger partial charge >= 0.3 is 0 Å². The van der Waals surface area contributed by atoms with Crippen LogP contribution in [0.2, 0.25) is 0 Å². The molecule has 1 N–H and O–H groups in total. The number of benzene rings is 2. The second-order valence-corrected chi connectivity index (χ2v) is 7.73. The number of anilines is 1. The van der Waals surface area contributed by atoms with Crippen molar-refractivity contribution in [1.29, 1.82) is 10.5 Å². The third-order valence-corrected chi connectivity index (χ3v) is 5.86. The molecule has 0 unspecified atom stereocenters. The van der Waals surface area contributed by atoms with Gasteiger partial charge in [-0.25, -0.2) is 8.42 Å². The van der Waals surface area contributed by atoms with Crippen LogP contribution in [0.25, 0.3) is 0 Å². The molecule has 22 heavy (non-hydrogen) atoms. The topological polar surface area (TPSA) is 93.8 Å². The summed E-state index contributed by atoms with van der Waals surface area (Å²) in [6.07, 6.45) is 0. The molecule has 0 heterocycles. The smallest absolute Gasteiger partial charge is 0.261 e. The Morgan fingerprint density at radius 3 is 2.23 bits per heavy atom. The van der Waals surface area contributed by atoms with Gasteiger partial charge in [-0.05, 0) is 56.7 Å². The fraction of sp³-hybridized carbons (Fsp3) is 0. The average Bonchev–Trinajstić information content (AvgIpc) is 2.50. The first-order valence-corrected chi connectivity index (χ1v) is 9.16. The highest BCUT2D eigenvalue weighted by molar-refractivity contribution is 14.1. The lowest BCUT2D eigenvalue weighted by molar-refractivity contribution is 0.601. The van der Waals surface area contributed by atoms with Crippen molar-refractivity contribution in [1.82, 2.24) is 0 Å². The summed E-state index contributed by atoms with van der Waals surface area (Å²) in [4.78, 5) is 0.116. The Hall–Kier alpha value is -1.62. The molecule has 2 aromatic carbocycles. The normalized spacial score (nSPS) is 10.5. The van der Waals surface area contributed by atoms with Crippen LogP contribution in [0.15, 0.2) is 45.8 Å². The Kier molecular flexibility index (Phi) is 5.06. The number of hydrogen-bond acceptors (Lipinski definition) is 4. The van der Waals surface area contributed by atoms with Gasteiger partial charge in [-0.15, -0.1) is 0 Å². The van der Waals surface area contributed by atoms with Crippen LogP contribution >= 0.6 is 38.5 Å². The third-order valence-electron chi connectivity index (χ3n) is 2.74. The molecule has 5 nitrogen and oxygen atoms in total. The van der Waals surface area contributed by atoms with Gasteiger partial charge in [0.2, 0.25) is 0 Å². The van der Waals surface area contributed by atoms with Gasteiger partial charge in [0.1, 0.15) is 12.1 Å². The van der Waals surface area contributed by atoms with E-state index in [1.165, 1.54) is 18.2 Å². The molecule has 0 bridgehead atoms. The van der Waals surface area contributed by atoms with Crippen LogP contribution < -0.4 is 4.72 Å². The Balaban J connectivity index is 2.55. The van der Waals surface area contributed by atoms with Crippen LogP contribution in [0.4, 0.5) is 5.69 Å². The summed E-state index contributed by atoms with van der Waals surface area (Å²) in [6.45, 7) is 0. The van der Waals surface area contributed by atoms with Crippen molar-refractivity contribution in [3.05, 3.63) is 55.6 Å². The molecule has 8 heteroatoms. The second kappa shape index (κ2) is 6.65. The fourth-order valence-electron chi connectivity index (χ4n) is 1.72. The maximum Gasteiger partial charge on any atom is 0.261 e.